The third-order valence-corrected chi connectivity index (χ3v) is 4.06. The number of hydrogen-bond acceptors (Lipinski definition) is 6. The summed E-state index contributed by atoms with van der Waals surface area (Å²) in [4.78, 5) is 30.3. The number of pyridine rings is 1. The van der Waals surface area contributed by atoms with Crippen molar-refractivity contribution in [2.24, 2.45) is 0 Å². The minimum absolute atomic E-state index is 0.0856. The van der Waals surface area contributed by atoms with E-state index in [-0.39, 0.29) is 12.0 Å². The number of carbonyl (C=O) groups is 2. The molecule has 3 heterocycles. The van der Waals surface area contributed by atoms with Crippen LogP contribution in [0.15, 0.2) is 12.3 Å². The summed E-state index contributed by atoms with van der Waals surface area (Å²) in [5, 5.41) is 0. The molecule has 0 aromatic carbocycles. The van der Waals surface area contributed by atoms with Crippen molar-refractivity contribution in [2.75, 3.05) is 13.1 Å². The molecule has 1 unspecified atom stereocenters. The molecule has 1 aromatic heterocycles. The maximum atomic E-state index is 12.2. The molecule has 1 saturated heterocycles. The van der Waals surface area contributed by atoms with Crippen molar-refractivity contribution in [2.45, 2.75) is 58.3 Å². The van der Waals surface area contributed by atoms with Crippen molar-refractivity contribution in [3.8, 4) is 5.75 Å². The van der Waals surface area contributed by atoms with Gasteiger partial charge in [0.05, 0.1) is 0 Å². The number of ether oxygens (including phenoxy) is 3. The molecule has 1 amide bonds. The Balaban J connectivity index is 1.74. The highest BCUT2D eigenvalue weighted by Crippen LogP contribution is 2.35. The van der Waals surface area contributed by atoms with Crippen LogP contribution in [0.2, 0.25) is 0 Å². The van der Waals surface area contributed by atoms with Gasteiger partial charge < -0.3 is 19.1 Å². The van der Waals surface area contributed by atoms with Gasteiger partial charge in [-0.15, -0.1) is 0 Å². The monoisotopic (exact) mass is 348 g/mol. The first kappa shape index (κ1) is 17.5. The maximum Gasteiger partial charge on any atom is 0.410 e. The Bertz CT molecular complexity index is 708. The molecule has 7 heteroatoms. The minimum atomic E-state index is -0.999. The fourth-order valence-corrected chi connectivity index (χ4v) is 2.97. The van der Waals surface area contributed by atoms with Gasteiger partial charge in [-0.1, -0.05) is 0 Å². The highest BCUT2D eigenvalue weighted by Gasteiger charge is 2.36. The van der Waals surface area contributed by atoms with Crippen molar-refractivity contribution in [3.05, 3.63) is 23.5 Å². The van der Waals surface area contributed by atoms with Gasteiger partial charge in [0.1, 0.15) is 16.9 Å². The lowest BCUT2D eigenvalue weighted by Gasteiger charge is -2.31. The minimum Gasteiger partial charge on any atom is -0.452 e. The average molecular weight is 348 g/mol. The number of cyclic esters (lactones) is 1. The summed E-state index contributed by atoms with van der Waals surface area (Å²) in [5.41, 5.74) is 0.610. The molecule has 0 bridgehead atoms. The number of nitrogens with zero attached hydrogens (tertiary/aromatic N) is 2. The second-order valence-electron chi connectivity index (χ2n) is 7.91. The SMILES string of the molecule is CC(C)(C)OC(=O)N1CCC(c2cc3c(cn2)C(=O)OC(C)(C)O3)C1. The van der Waals surface area contributed by atoms with E-state index in [0.717, 1.165) is 12.1 Å². The van der Waals surface area contributed by atoms with Crippen LogP contribution in [0, 0.1) is 0 Å². The van der Waals surface area contributed by atoms with Gasteiger partial charge in [-0.05, 0) is 27.2 Å². The van der Waals surface area contributed by atoms with Gasteiger partial charge >= 0.3 is 12.1 Å². The molecule has 0 radical (unpaired) electrons. The number of rotatable bonds is 1. The van der Waals surface area contributed by atoms with E-state index in [1.807, 2.05) is 20.8 Å². The van der Waals surface area contributed by atoms with E-state index in [1.54, 1.807) is 24.8 Å². The summed E-state index contributed by atoms with van der Waals surface area (Å²) in [7, 11) is 0. The zero-order valence-electron chi connectivity index (χ0n) is 15.3. The first-order chi connectivity index (χ1) is 11.5. The normalized spacial score (nSPS) is 22.0. The van der Waals surface area contributed by atoms with E-state index in [1.165, 1.54) is 6.20 Å². The van der Waals surface area contributed by atoms with Crippen molar-refractivity contribution < 1.29 is 23.8 Å². The molecule has 2 aliphatic heterocycles. The summed E-state index contributed by atoms with van der Waals surface area (Å²) < 4.78 is 16.4. The molecule has 1 fully saturated rings. The molecule has 0 N–H and O–H groups in total. The first-order valence-electron chi connectivity index (χ1n) is 8.44. The Labute approximate surface area is 147 Å². The molecular formula is C18H24N2O5. The second kappa shape index (κ2) is 5.89. The van der Waals surface area contributed by atoms with Crippen LogP contribution in [0.5, 0.6) is 5.75 Å². The quantitative estimate of drug-likeness (QED) is 0.726. The van der Waals surface area contributed by atoms with Crippen LogP contribution in [0.4, 0.5) is 4.79 Å². The first-order valence-corrected chi connectivity index (χ1v) is 8.44. The summed E-state index contributed by atoms with van der Waals surface area (Å²) >= 11 is 0. The Morgan fingerprint density at radius 1 is 1.36 bits per heavy atom. The second-order valence-corrected chi connectivity index (χ2v) is 7.91. The molecule has 7 nitrogen and oxygen atoms in total. The number of hydrogen-bond donors (Lipinski definition) is 0. The van der Waals surface area contributed by atoms with E-state index in [4.69, 9.17) is 14.2 Å². The van der Waals surface area contributed by atoms with Crippen LogP contribution in [-0.4, -0.2) is 46.4 Å². The molecule has 3 rings (SSSR count). The smallest absolute Gasteiger partial charge is 0.410 e. The topological polar surface area (TPSA) is 78.0 Å². The van der Waals surface area contributed by atoms with Crippen molar-refractivity contribution >= 4 is 12.1 Å². The molecule has 25 heavy (non-hydrogen) atoms. The van der Waals surface area contributed by atoms with Gasteiger partial charge in [0.25, 0.3) is 0 Å². The number of fused-ring (bicyclic) bond motifs is 1. The molecule has 1 atom stereocenters. The number of aromatic nitrogens is 1. The van der Waals surface area contributed by atoms with Gasteiger partial charge in [-0.25, -0.2) is 9.59 Å². The van der Waals surface area contributed by atoms with E-state index >= 15 is 0 Å². The summed E-state index contributed by atoms with van der Waals surface area (Å²) in [5.74, 6) is -0.877. The van der Waals surface area contributed by atoms with Crippen molar-refractivity contribution in [1.29, 1.82) is 0 Å². The van der Waals surface area contributed by atoms with Crippen LogP contribution in [-0.2, 0) is 9.47 Å². The molecule has 2 aliphatic rings. The Kier molecular flexibility index (Phi) is 4.13. The molecular weight excluding hydrogens is 324 g/mol. The van der Waals surface area contributed by atoms with E-state index in [0.29, 0.717) is 24.4 Å². The maximum absolute atomic E-state index is 12.2. The van der Waals surface area contributed by atoms with Crippen LogP contribution < -0.4 is 4.74 Å². The van der Waals surface area contributed by atoms with Crippen LogP contribution in [0.1, 0.15) is 63.0 Å². The lowest BCUT2D eigenvalue weighted by Crippen LogP contribution is -2.39. The Hall–Kier alpha value is -2.31. The summed E-state index contributed by atoms with van der Waals surface area (Å²) in [6, 6.07) is 1.78. The third-order valence-electron chi connectivity index (χ3n) is 4.06. The van der Waals surface area contributed by atoms with Crippen LogP contribution >= 0.6 is 0 Å². The van der Waals surface area contributed by atoms with Crippen LogP contribution in [0.25, 0.3) is 0 Å². The predicted molar refractivity (Wildman–Crippen MR) is 89.5 cm³/mol. The molecule has 0 saturated carbocycles. The summed E-state index contributed by atoms with van der Waals surface area (Å²) in [6.07, 6.45) is 1.96. The fourth-order valence-electron chi connectivity index (χ4n) is 2.97. The van der Waals surface area contributed by atoms with Crippen molar-refractivity contribution in [1.82, 2.24) is 9.88 Å². The van der Waals surface area contributed by atoms with Crippen LogP contribution in [0.3, 0.4) is 0 Å². The highest BCUT2D eigenvalue weighted by molar-refractivity contribution is 5.93. The fraction of sp³-hybridized carbons (Fsp3) is 0.611. The molecule has 0 aliphatic carbocycles. The summed E-state index contributed by atoms with van der Waals surface area (Å²) in [6.45, 7) is 10.1. The molecule has 136 valence electrons. The zero-order chi connectivity index (χ0) is 18.4. The standard InChI is InChI=1S/C18H24N2O5/c1-17(2,3)25-16(22)20-7-6-11(10-20)13-8-14-12(9-19-13)15(21)24-18(4,5)23-14/h8-9,11H,6-7,10H2,1-5H3. The zero-order valence-corrected chi connectivity index (χ0v) is 15.3. The van der Waals surface area contributed by atoms with Crippen molar-refractivity contribution in [3.63, 3.8) is 0 Å². The number of esters is 1. The van der Waals surface area contributed by atoms with E-state index in [2.05, 4.69) is 4.98 Å². The van der Waals surface area contributed by atoms with Gasteiger partial charge in [0.2, 0.25) is 5.79 Å². The highest BCUT2D eigenvalue weighted by atomic mass is 16.7. The number of likely N-dealkylation sites (tertiary alicyclic amines) is 1. The molecule has 1 aromatic rings. The van der Waals surface area contributed by atoms with E-state index < -0.39 is 17.4 Å². The Morgan fingerprint density at radius 3 is 2.76 bits per heavy atom. The Morgan fingerprint density at radius 2 is 2.08 bits per heavy atom. The van der Waals surface area contributed by atoms with Gasteiger partial charge in [-0.2, -0.15) is 0 Å². The largest absolute Gasteiger partial charge is 0.452 e. The predicted octanol–water partition coefficient (Wildman–Crippen LogP) is 3.09. The average Bonchev–Trinajstić information content (AvgIpc) is 2.93. The number of amides is 1. The van der Waals surface area contributed by atoms with E-state index in [9.17, 15) is 9.59 Å². The lowest BCUT2D eigenvalue weighted by atomic mass is 10.0. The molecule has 0 spiro atoms. The third kappa shape index (κ3) is 3.86. The van der Waals surface area contributed by atoms with Gasteiger partial charge in [0, 0.05) is 50.8 Å². The number of carbonyl (C=O) groups excluding carboxylic acids is 2. The van der Waals surface area contributed by atoms with Gasteiger partial charge in [0.15, 0.2) is 0 Å². The van der Waals surface area contributed by atoms with Gasteiger partial charge in [-0.3, -0.25) is 4.98 Å². The lowest BCUT2D eigenvalue weighted by molar-refractivity contribution is -0.127.